The monoisotopic (exact) mass is 282 g/mol. The van der Waals surface area contributed by atoms with E-state index in [1.807, 2.05) is 18.2 Å². The molecule has 1 aliphatic rings. The maximum Gasteiger partial charge on any atom is 0.323 e. The summed E-state index contributed by atoms with van der Waals surface area (Å²) in [4.78, 5) is 0. The maximum atomic E-state index is 6.33. The average Bonchev–Trinajstić information content (AvgIpc) is 2.34. The van der Waals surface area contributed by atoms with Gasteiger partial charge in [0.2, 0.25) is 0 Å². The predicted molar refractivity (Wildman–Crippen MR) is 76.9 cm³/mol. The van der Waals surface area contributed by atoms with Crippen LogP contribution in [0.25, 0.3) is 0 Å². The van der Waals surface area contributed by atoms with Crippen molar-refractivity contribution >= 4 is 17.1 Å². The normalized spacial score (nSPS) is 30.7. The maximum absolute atomic E-state index is 6.33. The van der Waals surface area contributed by atoms with E-state index in [4.69, 9.17) is 13.0 Å². The molecule has 1 heterocycles. The van der Waals surface area contributed by atoms with Crippen LogP contribution in [0.15, 0.2) is 30.3 Å². The van der Waals surface area contributed by atoms with Crippen molar-refractivity contribution in [2.24, 2.45) is 0 Å². The van der Waals surface area contributed by atoms with Crippen LogP contribution in [0.1, 0.15) is 12.5 Å². The van der Waals surface area contributed by atoms with E-state index in [9.17, 15) is 0 Å². The van der Waals surface area contributed by atoms with Crippen LogP contribution in [0.3, 0.4) is 0 Å². The first-order valence-electron chi connectivity index (χ1n) is 6.32. The van der Waals surface area contributed by atoms with Gasteiger partial charge in [0.15, 0.2) is 0 Å². The molecule has 0 saturated carbocycles. The summed E-state index contributed by atoms with van der Waals surface area (Å²) < 4.78 is 18.5. The van der Waals surface area contributed by atoms with E-state index in [2.05, 4.69) is 45.2 Å². The summed E-state index contributed by atoms with van der Waals surface area (Å²) in [6.07, 6.45) is 0. The topological polar surface area (TPSA) is 27.7 Å². The molecule has 3 nitrogen and oxygen atoms in total. The van der Waals surface area contributed by atoms with Crippen LogP contribution < -0.4 is 0 Å². The first-order chi connectivity index (χ1) is 8.23. The molecule has 18 heavy (non-hydrogen) atoms. The first kappa shape index (κ1) is 14.0. The average molecular weight is 282 g/mol. The Morgan fingerprint density at radius 2 is 1.61 bits per heavy atom. The van der Waals surface area contributed by atoms with Crippen molar-refractivity contribution in [2.45, 2.75) is 38.7 Å². The highest BCUT2D eigenvalue weighted by atomic mass is 28.5. The minimum atomic E-state index is -2.16. The first-order valence-corrected chi connectivity index (χ1v) is 12.0. The molecule has 1 aromatic carbocycles. The quantitative estimate of drug-likeness (QED) is 0.739. The summed E-state index contributed by atoms with van der Waals surface area (Å²) in [5, 5.41) is 0. The van der Waals surface area contributed by atoms with Gasteiger partial charge in [-0.2, -0.15) is 0 Å². The molecule has 0 aliphatic carbocycles. The van der Waals surface area contributed by atoms with E-state index >= 15 is 0 Å². The van der Waals surface area contributed by atoms with Gasteiger partial charge in [0.05, 0.1) is 6.61 Å². The molecule has 0 amide bonds. The van der Waals surface area contributed by atoms with Crippen LogP contribution >= 0.6 is 0 Å². The zero-order chi connectivity index (χ0) is 13.4. The lowest BCUT2D eigenvalue weighted by Gasteiger charge is -2.34. The highest BCUT2D eigenvalue weighted by Gasteiger charge is 2.46. The van der Waals surface area contributed by atoms with Gasteiger partial charge in [-0.1, -0.05) is 30.3 Å². The van der Waals surface area contributed by atoms with Gasteiger partial charge in [-0.25, -0.2) is 0 Å². The van der Waals surface area contributed by atoms with Gasteiger partial charge in [0.1, 0.15) is 5.60 Å². The van der Waals surface area contributed by atoms with E-state index in [0.29, 0.717) is 6.61 Å². The van der Waals surface area contributed by atoms with Gasteiger partial charge in [0, 0.05) is 0 Å². The Bertz CT molecular complexity index is 420. The lowest BCUT2D eigenvalue weighted by molar-refractivity contribution is 0.0270. The van der Waals surface area contributed by atoms with Crippen LogP contribution in [0, 0.1) is 0 Å². The fraction of sp³-hybridized carbons (Fsp3) is 0.538. The van der Waals surface area contributed by atoms with E-state index in [1.54, 1.807) is 0 Å². The van der Waals surface area contributed by atoms with Crippen LogP contribution in [-0.2, 0) is 18.6 Å². The zero-order valence-electron chi connectivity index (χ0n) is 11.8. The fourth-order valence-electron chi connectivity index (χ4n) is 2.46. The van der Waals surface area contributed by atoms with Crippen LogP contribution in [0.4, 0.5) is 0 Å². The minimum Gasteiger partial charge on any atom is -0.415 e. The molecular weight excluding hydrogens is 260 g/mol. The molecule has 0 N–H and O–H groups in total. The van der Waals surface area contributed by atoms with Gasteiger partial charge in [-0.05, 0) is 38.7 Å². The molecule has 2 rings (SSSR count). The molecular formula is C13H22O3Si2. The summed E-state index contributed by atoms with van der Waals surface area (Å²) in [6, 6.07) is 10.3. The third-order valence-corrected chi connectivity index (χ3v) is 8.76. The van der Waals surface area contributed by atoms with Crippen molar-refractivity contribution in [1.29, 1.82) is 0 Å². The highest BCUT2D eigenvalue weighted by Crippen LogP contribution is 2.35. The molecule has 1 atom stereocenters. The molecule has 1 unspecified atom stereocenters. The second-order valence-corrected chi connectivity index (χ2v) is 12.8. The van der Waals surface area contributed by atoms with Gasteiger partial charge < -0.3 is 13.0 Å². The van der Waals surface area contributed by atoms with Gasteiger partial charge in [-0.3, -0.25) is 0 Å². The van der Waals surface area contributed by atoms with Gasteiger partial charge in [-0.15, -0.1) is 0 Å². The number of hydrogen-bond donors (Lipinski definition) is 0. The van der Waals surface area contributed by atoms with E-state index < -0.39 is 22.7 Å². The highest BCUT2D eigenvalue weighted by molar-refractivity contribution is 6.79. The molecule has 1 fully saturated rings. The van der Waals surface area contributed by atoms with E-state index in [-0.39, 0.29) is 0 Å². The standard InChI is InChI=1S/C13H22O3Si2/c1-13(12-9-7-6-8-10-12)11-14-17(2,3)16-18(4,5)15-13/h6-10H,11H2,1-5H3. The smallest absolute Gasteiger partial charge is 0.323 e. The van der Waals surface area contributed by atoms with Crippen molar-refractivity contribution in [3.8, 4) is 0 Å². The minimum absolute atomic E-state index is 0.405. The summed E-state index contributed by atoms with van der Waals surface area (Å²) in [5.74, 6) is 0. The molecule has 0 radical (unpaired) electrons. The number of benzene rings is 1. The lowest BCUT2D eigenvalue weighted by Crippen LogP contribution is -2.47. The van der Waals surface area contributed by atoms with Crippen molar-refractivity contribution in [1.82, 2.24) is 0 Å². The van der Waals surface area contributed by atoms with Crippen molar-refractivity contribution in [3.63, 3.8) is 0 Å². The summed E-state index contributed by atoms with van der Waals surface area (Å²) in [7, 11) is -4.22. The third kappa shape index (κ3) is 3.10. The second kappa shape index (κ2) is 4.57. The molecule has 0 bridgehead atoms. The van der Waals surface area contributed by atoms with Crippen LogP contribution in [-0.4, -0.2) is 23.7 Å². The largest absolute Gasteiger partial charge is 0.415 e. The summed E-state index contributed by atoms with van der Waals surface area (Å²) >= 11 is 0. The zero-order valence-corrected chi connectivity index (χ0v) is 13.8. The SMILES string of the molecule is CC1(c2ccccc2)CO[Si](C)(C)O[Si](C)(C)O1. The van der Waals surface area contributed by atoms with E-state index in [0.717, 1.165) is 5.56 Å². The Balaban J connectivity index is 2.34. The third-order valence-electron chi connectivity index (χ3n) is 3.04. The predicted octanol–water partition coefficient (Wildman–Crippen LogP) is 3.37. The molecule has 1 aromatic rings. The van der Waals surface area contributed by atoms with Crippen LogP contribution in [0.2, 0.25) is 26.2 Å². The van der Waals surface area contributed by atoms with E-state index in [1.165, 1.54) is 0 Å². The van der Waals surface area contributed by atoms with Crippen LogP contribution in [0.5, 0.6) is 0 Å². The Kier molecular flexibility index (Phi) is 3.55. The Hall–Kier alpha value is -0.466. The van der Waals surface area contributed by atoms with Gasteiger partial charge in [0.25, 0.3) is 0 Å². The summed E-state index contributed by atoms with van der Waals surface area (Å²) in [5.41, 5.74) is 0.749. The molecule has 1 saturated heterocycles. The second-order valence-electron chi connectivity index (χ2n) is 5.89. The Morgan fingerprint density at radius 3 is 2.22 bits per heavy atom. The van der Waals surface area contributed by atoms with Crippen molar-refractivity contribution in [3.05, 3.63) is 35.9 Å². The molecule has 0 aromatic heterocycles. The molecule has 1 aliphatic heterocycles. The van der Waals surface area contributed by atoms with Crippen molar-refractivity contribution in [2.75, 3.05) is 6.61 Å². The fourth-order valence-corrected chi connectivity index (χ4v) is 9.48. The Morgan fingerprint density at radius 1 is 1.00 bits per heavy atom. The van der Waals surface area contributed by atoms with Gasteiger partial charge >= 0.3 is 17.1 Å². The molecule has 0 spiro atoms. The van der Waals surface area contributed by atoms with Crippen molar-refractivity contribution < 1.29 is 13.0 Å². The lowest BCUT2D eigenvalue weighted by atomic mass is 9.97. The number of rotatable bonds is 1. The molecule has 100 valence electrons. The number of hydrogen-bond acceptors (Lipinski definition) is 3. The Labute approximate surface area is 112 Å². The molecule has 5 heteroatoms. The summed E-state index contributed by atoms with van der Waals surface area (Å²) in [6.45, 7) is 11.0.